The number of methoxy groups -OCH3 is 4. The van der Waals surface area contributed by atoms with E-state index in [-0.39, 0.29) is 12.5 Å². The Labute approximate surface area is 208 Å². The number of para-hydroxylation sites is 2. The molecule has 0 aliphatic carbocycles. The van der Waals surface area contributed by atoms with Gasteiger partial charge < -0.3 is 24.3 Å². The summed E-state index contributed by atoms with van der Waals surface area (Å²) in [5, 5.41) is 2.83. The minimum atomic E-state index is -0.404. The summed E-state index contributed by atoms with van der Waals surface area (Å²) in [5.74, 6) is 1.37. The van der Waals surface area contributed by atoms with E-state index in [0.717, 1.165) is 5.56 Å². The fourth-order valence-corrected chi connectivity index (χ4v) is 3.94. The molecule has 1 aromatic heterocycles. The van der Waals surface area contributed by atoms with E-state index in [1.165, 1.54) is 37.6 Å². The predicted octanol–water partition coefficient (Wildman–Crippen LogP) is 3.98. The van der Waals surface area contributed by atoms with Crippen molar-refractivity contribution >= 4 is 11.6 Å². The van der Waals surface area contributed by atoms with E-state index in [1.54, 1.807) is 36.5 Å². The van der Waals surface area contributed by atoms with E-state index in [4.69, 9.17) is 18.9 Å². The summed E-state index contributed by atoms with van der Waals surface area (Å²) in [7, 11) is 6.05. The van der Waals surface area contributed by atoms with Crippen LogP contribution in [0.5, 0.6) is 23.0 Å². The van der Waals surface area contributed by atoms with Gasteiger partial charge in [-0.25, -0.2) is 4.79 Å². The molecule has 0 fully saturated rings. The van der Waals surface area contributed by atoms with E-state index < -0.39 is 5.69 Å². The first-order valence-electron chi connectivity index (χ1n) is 11.1. The summed E-state index contributed by atoms with van der Waals surface area (Å²) in [4.78, 5) is 26.7. The van der Waals surface area contributed by atoms with Gasteiger partial charge in [-0.1, -0.05) is 42.5 Å². The highest BCUT2D eigenvalue weighted by atomic mass is 16.5. The van der Waals surface area contributed by atoms with Gasteiger partial charge in [-0.3, -0.25) is 13.9 Å². The van der Waals surface area contributed by atoms with Crippen molar-refractivity contribution in [3.63, 3.8) is 0 Å². The summed E-state index contributed by atoms with van der Waals surface area (Å²) in [6.45, 7) is -0.210. The number of nitrogens with zero attached hydrogens (tertiary/aromatic N) is 2. The zero-order valence-corrected chi connectivity index (χ0v) is 20.5. The highest BCUT2D eigenvalue weighted by molar-refractivity contribution is 5.92. The molecule has 4 aromatic rings. The third-order valence-electron chi connectivity index (χ3n) is 5.66. The van der Waals surface area contributed by atoms with Crippen LogP contribution >= 0.6 is 0 Å². The van der Waals surface area contributed by atoms with Gasteiger partial charge in [-0.2, -0.15) is 0 Å². The maximum Gasteiger partial charge on any atom is 0.333 e. The molecule has 0 radical (unpaired) electrons. The van der Waals surface area contributed by atoms with Crippen LogP contribution in [0.25, 0.3) is 16.9 Å². The van der Waals surface area contributed by atoms with E-state index in [0.29, 0.717) is 40.1 Å². The van der Waals surface area contributed by atoms with Crippen LogP contribution in [-0.4, -0.2) is 43.5 Å². The molecule has 0 bridgehead atoms. The second-order valence-corrected chi connectivity index (χ2v) is 7.75. The largest absolute Gasteiger partial charge is 0.495 e. The van der Waals surface area contributed by atoms with Crippen LogP contribution in [0.15, 0.2) is 77.7 Å². The Morgan fingerprint density at radius 3 is 2.03 bits per heavy atom. The number of anilines is 1. The lowest BCUT2D eigenvalue weighted by Crippen LogP contribution is -2.29. The Hall–Kier alpha value is -4.66. The minimum absolute atomic E-state index is 0.210. The monoisotopic (exact) mass is 489 g/mol. The van der Waals surface area contributed by atoms with E-state index in [2.05, 4.69) is 5.32 Å². The van der Waals surface area contributed by atoms with Crippen LogP contribution in [0.4, 0.5) is 5.69 Å². The van der Waals surface area contributed by atoms with Gasteiger partial charge in [-0.05, 0) is 17.7 Å². The first kappa shape index (κ1) is 24.5. The average Bonchev–Trinajstić information content (AvgIpc) is 3.24. The van der Waals surface area contributed by atoms with Crippen molar-refractivity contribution in [1.82, 2.24) is 9.13 Å². The van der Waals surface area contributed by atoms with Crippen molar-refractivity contribution < 1.29 is 23.7 Å². The molecule has 9 heteroatoms. The highest BCUT2D eigenvalue weighted by Gasteiger charge is 2.20. The number of imidazole rings is 1. The van der Waals surface area contributed by atoms with Crippen molar-refractivity contribution in [1.29, 1.82) is 0 Å². The minimum Gasteiger partial charge on any atom is -0.495 e. The van der Waals surface area contributed by atoms with E-state index >= 15 is 0 Å². The molecule has 9 nitrogen and oxygen atoms in total. The van der Waals surface area contributed by atoms with Crippen molar-refractivity contribution in [2.24, 2.45) is 0 Å². The number of amides is 1. The molecule has 1 N–H and O–H groups in total. The maximum atomic E-state index is 13.6. The Balaban J connectivity index is 1.80. The smallest absolute Gasteiger partial charge is 0.333 e. The second kappa shape index (κ2) is 10.7. The fraction of sp³-hybridized carbons (Fsp3) is 0.185. The lowest BCUT2D eigenvalue weighted by Gasteiger charge is -2.14. The number of carbonyl (C=O) groups excluding carboxylic acids is 1. The highest BCUT2D eigenvalue weighted by Crippen LogP contribution is 2.39. The van der Waals surface area contributed by atoms with Gasteiger partial charge in [0.15, 0.2) is 11.5 Å². The lowest BCUT2D eigenvalue weighted by molar-refractivity contribution is -0.116. The number of benzene rings is 3. The molecule has 0 saturated heterocycles. The first-order chi connectivity index (χ1) is 17.5. The second-order valence-electron chi connectivity index (χ2n) is 7.75. The topological polar surface area (TPSA) is 93.0 Å². The molecular formula is C27H27N3O6. The standard InChI is InChI=1S/C27H27N3O6/c1-33-22-13-9-8-12-20(22)28-25(31)17-30-21(18-10-6-5-7-11-18)16-29(27(30)32)19-14-23(34-2)26(36-4)24(15-19)35-3/h5-16H,17H2,1-4H3,(H,28,31). The van der Waals surface area contributed by atoms with Crippen LogP contribution in [0, 0.1) is 0 Å². The quantitative estimate of drug-likeness (QED) is 0.382. The van der Waals surface area contributed by atoms with Gasteiger partial charge in [-0.15, -0.1) is 0 Å². The van der Waals surface area contributed by atoms with Crippen molar-refractivity contribution in [3.05, 3.63) is 83.4 Å². The number of aromatic nitrogens is 2. The third-order valence-corrected chi connectivity index (χ3v) is 5.66. The maximum absolute atomic E-state index is 13.6. The molecule has 0 aliphatic rings. The number of ether oxygens (including phenoxy) is 4. The van der Waals surface area contributed by atoms with Crippen LogP contribution in [0.1, 0.15) is 0 Å². The number of nitrogens with one attached hydrogen (secondary N) is 1. The molecular weight excluding hydrogens is 462 g/mol. The Morgan fingerprint density at radius 1 is 0.806 bits per heavy atom. The van der Waals surface area contributed by atoms with Crippen LogP contribution < -0.4 is 30.0 Å². The average molecular weight is 490 g/mol. The Bertz CT molecular complexity index is 1400. The zero-order chi connectivity index (χ0) is 25.7. The third kappa shape index (κ3) is 4.76. The number of hydrogen-bond acceptors (Lipinski definition) is 6. The first-order valence-corrected chi connectivity index (χ1v) is 11.1. The molecule has 0 spiro atoms. The molecule has 0 saturated carbocycles. The lowest BCUT2D eigenvalue weighted by atomic mass is 10.1. The molecule has 1 amide bonds. The van der Waals surface area contributed by atoms with Gasteiger partial charge in [0.2, 0.25) is 11.7 Å². The Kier molecular flexibility index (Phi) is 7.29. The fourth-order valence-electron chi connectivity index (χ4n) is 3.94. The van der Waals surface area contributed by atoms with Crippen molar-refractivity contribution in [3.8, 4) is 39.9 Å². The van der Waals surface area contributed by atoms with Crippen LogP contribution in [0.3, 0.4) is 0 Å². The number of carbonyl (C=O) groups is 1. The van der Waals surface area contributed by atoms with Gasteiger partial charge >= 0.3 is 5.69 Å². The predicted molar refractivity (Wildman–Crippen MR) is 137 cm³/mol. The molecule has 0 aliphatic heterocycles. The van der Waals surface area contributed by atoms with Crippen molar-refractivity contribution in [2.45, 2.75) is 6.54 Å². The van der Waals surface area contributed by atoms with Crippen LogP contribution in [0.2, 0.25) is 0 Å². The molecule has 186 valence electrons. The van der Waals surface area contributed by atoms with Gasteiger partial charge in [0.1, 0.15) is 12.3 Å². The molecule has 4 rings (SSSR count). The van der Waals surface area contributed by atoms with Crippen molar-refractivity contribution in [2.75, 3.05) is 33.8 Å². The van der Waals surface area contributed by atoms with Crippen LogP contribution in [-0.2, 0) is 11.3 Å². The molecule has 36 heavy (non-hydrogen) atoms. The summed E-state index contributed by atoms with van der Waals surface area (Å²) < 4.78 is 24.5. The van der Waals surface area contributed by atoms with E-state index in [9.17, 15) is 9.59 Å². The molecule has 0 unspecified atom stereocenters. The summed E-state index contributed by atoms with van der Waals surface area (Å²) >= 11 is 0. The summed E-state index contributed by atoms with van der Waals surface area (Å²) in [6, 6.07) is 19.8. The van der Waals surface area contributed by atoms with Gasteiger partial charge in [0.05, 0.1) is 45.5 Å². The molecule has 1 heterocycles. The van der Waals surface area contributed by atoms with Gasteiger partial charge in [0.25, 0.3) is 0 Å². The zero-order valence-electron chi connectivity index (χ0n) is 20.5. The summed E-state index contributed by atoms with van der Waals surface area (Å²) in [5.41, 5.74) is 1.97. The molecule has 3 aromatic carbocycles. The van der Waals surface area contributed by atoms with E-state index in [1.807, 2.05) is 36.4 Å². The van der Waals surface area contributed by atoms with Gasteiger partial charge in [0, 0.05) is 18.3 Å². The SMILES string of the molecule is COc1ccccc1NC(=O)Cn1c(-c2ccccc2)cn(-c2cc(OC)c(OC)c(OC)c2)c1=O. The number of rotatable bonds is 9. The number of hydrogen-bond donors (Lipinski definition) is 1. The Morgan fingerprint density at radius 2 is 1.42 bits per heavy atom. The normalized spacial score (nSPS) is 10.6. The summed E-state index contributed by atoms with van der Waals surface area (Å²) in [6.07, 6.45) is 1.69. The molecule has 0 atom stereocenters.